The Kier molecular flexibility index (Phi) is 5.83. The second-order valence-corrected chi connectivity index (χ2v) is 6.04. The first-order valence-electron chi connectivity index (χ1n) is 8.16. The first-order chi connectivity index (χ1) is 10.6. The Labute approximate surface area is 135 Å². The average Bonchev–Trinajstić information content (AvgIpc) is 2.53. The van der Waals surface area contributed by atoms with E-state index in [1.54, 1.807) is 0 Å². The van der Waals surface area contributed by atoms with E-state index in [0.29, 0.717) is 0 Å². The molecular formula is C21H27N. The van der Waals surface area contributed by atoms with Gasteiger partial charge in [-0.25, -0.2) is 0 Å². The van der Waals surface area contributed by atoms with Gasteiger partial charge < -0.3 is 4.90 Å². The average molecular weight is 293 g/mol. The smallest absolute Gasteiger partial charge is 0.0366 e. The zero-order chi connectivity index (χ0) is 15.9. The van der Waals surface area contributed by atoms with Gasteiger partial charge in [0.2, 0.25) is 0 Å². The van der Waals surface area contributed by atoms with Gasteiger partial charge in [0.05, 0.1) is 0 Å². The van der Waals surface area contributed by atoms with Crippen LogP contribution in [0.25, 0.3) is 5.57 Å². The highest BCUT2D eigenvalue weighted by molar-refractivity contribution is 5.64. The summed E-state index contributed by atoms with van der Waals surface area (Å²) in [6.45, 7) is 12.9. The Hall–Kier alpha value is -2.02. The molecule has 0 amide bonds. The number of hydrogen-bond acceptors (Lipinski definition) is 1. The molecule has 0 heterocycles. The molecule has 0 fully saturated rings. The molecule has 1 nitrogen and oxygen atoms in total. The molecule has 0 N–H and O–H groups in total. The predicted molar refractivity (Wildman–Crippen MR) is 98.5 cm³/mol. The van der Waals surface area contributed by atoms with Crippen LogP contribution in [0.1, 0.15) is 36.5 Å². The van der Waals surface area contributed by atoms with Gasteiger partial charge in [0, 0.05) is 18.8 Å². The summed E-state index contributed by atoms with van der Waals surface area (Å²) in [5.41, 5.74) is 6.39. The molecule has 1 heteroatoms. The van der Waals surface area contributed by atoms with Gasteiger partial charge in [0.15, 0.2) is 0 Å². The molecule has 0 aliphatic heterocycles. The van der Waals surface area contributed by atoms with E-state index in [1.165, 1.54) is 28.0 Å². The van der Waals surface area contributed by atoms with Gasteiger partial charge in [-0.2, -0.15) is 0 Å². The quantitative estimate of drug-likeness (QED) is 0.640. The summed E-state index contributed by atoms with van der Waals surface area (Å²) in [5, 5.41) is 0. The molecule has 0 spiro atoms. The summed E-state index contributed by atoms with van der Waals surface area (Å²) in [7, 11) is 0. The second-order valence-electron chi connectivity index (χ2n) is 6.04. The third kappa shape index (κ3) is 4.49. The van der Waals surface area contributed by atoms with Gasteiger partial charge in [0.25, 0.3) is 0 Å². The van der Waals surface area contributed by atoms with Gasteiger partial charge in [-0.1, -0.05) is 61.0 Å². The van der Waals surface area contributed by atoms with Crippen molar-refractivity contribution in [3.63, 3.8) is 0 Å². The van der Waals surface area contributed by atoms with Crippen molar-refractivity contribution in [3.8, 4) is 0 Å². The van der Waals surface area contributed by atoms with Crippen LogP contribution in [0.3, 0.4) is 0 Å². The van der Waals surface area contributed by atoms with Gasteiger partial charge >= 0.3 is 0 Å². The lowest BCUT2D eigenvalue weighted by Crippen LogP contribution is -2.25. The number of rotatable bonds is 7. The predicted octanol–water partition coefficient (Wildman–Crippen LogP) is 5.62. The third-order valence-corrected chi connectivity index (χ3v) is 4.04. The molecule has 0 bridgehead atoms. The largest absolute Gasteiger partial charge is 0.371 e. The molecule has 0 radical (unpaired) electrons. The molecule has 0 aliphatic carbocycles. The van der Waals surface area contributed by atoms with Crippen LogP contribution in [0, 0.1) is 13.8 Å². The van der Waals surface area contributed by atoms with Crippen LogP contribution in [0.5, 0.6) is 0 Å². The lowest BCUT2D eigenvalue weighted by Gasteiger charge is -2.25. The minimum atomic E-state index is 0.997. The first kappa shape index (κ1) is 16.4. The highest BCUT2D eigenvalue weighted by Gasteiger charge is 2.07. The maximum atomic E-state index is 4.27. The molecule has 2 aromatic rings. The minimum absolute atomic E-state index is 0.997. The summed E-state index contributed by atoms with van der Waals surface area (Å²) in [4.78, 5) is 2.46. The molecule has 22 heavy (non-hydrogen) atoms. The van der Waals surface area contributed by atoms with Crippen LogP contribution in [-0.4, -0.2) is 13.1 Å². The maximum Gasteiger partial charge on any atom is 0.0366 e. The van der Waals surface area contributed by atoms with Gasteiger partial charge in [0.1, 0.15) is 0 Å². The topological polar surface area (TPSA) is 3.24 Å². The van der Waals surface area contributed by atoms with Crippen molar-refractivity contribution in [2.45, 2.75) is 33.6 Å². The molecule has 0 aliphatic rings. The first-order valence-corrected chi connectivity index (χ1v) is 8.16. The Morgan fingerprint density at radius 1 is 0.864 bits per heavy atom. The highest BCUT2D eigenvalue weighted by atomic mass is 15.1. The van der Waals surface area contributed by atoms with Crippen LogP contribution in [0.4, 0.5) is 5.69 Å². The second kappa shape index (κ2) is 7.84. The fourth-order valence-electron chi connectivity index (χ4n) is 2.60. The van der Waals surface area contributed by atoms with Gasteiger partial charge in [-0.3, -0.25) is 0 Å². The van der Waals surface area contributed by atoms with E-state index < -0.39 is 0 Å². The Morgan fingerprint density at radius 2 is 1.41 bits per heavy atom. The molecule has 0 aromatic heterocycles. The van der Waals surface area contributed by atoms with E-state index in [9.17, 15) is 0 Å². The van der Waals surface area contributed by atoms with Crippen molar-refractivity contribution in [1.82, 2.24) is 0 Å². The fourth-order valence-corrected chi connectivity index (χ4v) is 2.60. The van der Waals surface area contributed by atoms with Gasteiger partial charge in [-0.05, 0) is 50.0 Å². The molecule has 0 saturated carbocycles. The summed E-state index contributed by atoms with van der Waals surface area (Å²) in [6.07, 6.45) is 2.15. The van der Waals surface area contributed by atoms with Crippen molar-refractivity contribution in [2.24, 2.45) is 0 Å². The summed E-state index contributed by atoms with van der Waals surface area (Å²) < 4.78 is 0. The third-order valence-electron chi connectivity index (χ3n) is 4.04. The lowest BCUT2D eigenvalue weighted by molar-refractivity contribution is 0.769. The number of benzene rings is 2. The summed E-state index contributed by atoms with van der Waals surface area (Å²) in [6, 6.07) is 17.5. The monoisotopic (exact) mass is 293 g/mol. The highest BCUT2D eigenvalue weighted by Crippen LogP contribution is 2.21. The number of aryl methyl sites for hydroxylation is 2. The van der Waals surface area contributed by atoms with Crippen LogP contribution in [0.15, 0.2) is 55.1 Å². The maximum absolute atomic E-state index is 4.27. The molecule has 0 atom stereocenters. The zero-order valence-electron chi connectivity index (χ0n) is 14.1. The normalized spacial score (nSPS) is 10.5. The minimum Gasteiger partial charge on any atom is -0.371 e. The van der Waals surface area contributed by atoms with E-state index >= 15 is 0 Å². The van der Waals surface area contributed by atoms with Crippen LogP contribution in [-0.2, 0) is 0 Å². The summed E-state index contributed by atoms with van der Waals surface area (Å²) >= 11 is 0. The van der Waals surface area contributed by atoms with Gasteiger partial charge in [-0.15, -0.1) is 0 Å². The SMILES string of the molecule is C=C(CCN(CCC)c1ccc(C)cc1)c1ccc(C)cc1. The Bertz CT molecular complexity index is 593. The van der Waals surface area contributed by atoms with E-state index in [2.05, 4.69) is 80.8 Å². The summed E-state index contributed by atoms with van der Waals surface area (Å²) in [5.74, 6) is 0. The lowest BCUT2D eigenvalue weighted by atomic mass is 10.0. The van der Waals surface area contributed by atoms with E-state index in [4.69, 9.17) is 0 Å². The van der Waals surface area contributed by atoms with Crippen molar-refractivity contribution < 1.29 is 0 Å². The molecule has 116 valence electrons. The molecule has 0 saturated heterocycles. The molecule has 2 aromatic carbocycles. The van der Waals surface area contributed by atoms with Crippen LogP contribution in [0.2, 0.25) is 0 Å². The number of nitrogens with zero attached hydrogens (tertiary/aromatic N) is 1. The van der Waals surface area contributed by atoms with Crippen molar-refractivity contribution in [1.29, 1.82) is 0 Å². The van der Waals surface area contributed by atoms with E-state index in [-0.39, 0.29) is 0 Å². The number of anilines is 1. The number of hydrogen-bond donors (Lipinski definition) is 0. The molecule has 0 unspecified atom stereocenters. The van der Waals surface area contributed by atoms with E-state index in [0.717, 1.165) is 25.9 Å². The van der Waals surface area contributed by atoms with Crippen LogP contribution < -0.4 is 4.90 Å². The zero-order valence-corrected chi connectivity index (χ0v) is 14.1. The van der Waals surface area contributed by atoms with Crippen LogP contribution >= 0.6 is 0 Å². The Balaban J connectivity index is 2.00. The van der Waals surface area contributed by atoms with Crippen molar-refractivity contribution in [2.75, 3.05) is 18.0 Å². The molecular weight excluding hydrogens is 266 g/mol. The molecule has 2 rings (SSSR count). The Morgan fingerprint density at radius 3 is 1.95 bits per heavy atom. The van der Waals surface area contributed by atoms with E-state index in [1.807, 2.05) is 0 Å². The van der Waals surface area contributed by atoms with Crippen molar-refractivity contribution in [3.05, 3.63) is 71.8 Å². The van der Waals surface area contributed by atoms with Crippen molar-refractivity contribution >= 4 is 11.3 Å². The standard InChI is InChI=1S/C21H27N/c1-5-15-22(21-12-8-18(3)9-13-21)16-14-19(4)20-10-6-17(2)7-11-20/h6-13H,4-5,14-16H2,1-3H3. The fraction of sp³-hybridized carbons (Fsp3) is 0.333.